The van der Waals surface area contributed by atoms with Gasteiger partial charge in [-0.1, -0.05) is 17.4 Å². The van der Waals surface area contributed by atoms with Gasteiger partial charge in [-0.05, 0) is 42.7 Å². The fourth-order valence-electron chi connectivity index (χ4n) is 2.72. The van der Waals surface area contributed by atoms with Crippen molar-refractivity contribution in [3.63, 3.8) is 0 Å². The first-order valence-electron chi connectivity index (χ1n) is 8.21. The molecule has 0 aliphatic rings. The Kier molecular flexibility index (Phi) is 6.03. The summed E-state index contributed by atoms with van der Waals surface area (Å²) in [6.07, 6.45) is 3.76. The zero-order valence-corrected chi connectivity index (χ0v) is 17.0. The molecule has 0 radical (unpaired) electrons. The summed E-state index contributed by atoms with van der Waals surface area (Å²) >= 11 is 3.02. The third kappa shape index (κ3) is 3.79. The maximum Gasteiger partial charge on any atom is 0.279 e. The van der Waals surface area contributed by atoms with Crippen LogP contribution in [0.1, 0.15) is 10.4 Å². The molecule has 0 aliphatic carbocycles. The minimum absolute atomic E-state index is 0.287. The number of amides is 1. The van der Waals surface area contributed by atoms with Crippen LogP contribution in [0, 0.1) is 0 Å². The Bertz CT molecular complexity index is 1050. The van der Waals surface area contributed by atoms with Gasteiger partial charge in [0.05, 0.1) is 14.2 Å². The zero-order chi connectivity index (χ0) is 19.4. The summed E-state index contributed by atoms with van der Waals surface area (Å²) in [7, 11) is 3.24. The van der Waals surface area contributed by atoms with Crippen LogP contribution >= 0.6 is 23.1 Å². The maximum atomic E-state index is 12.7. The van der Waals surface area contributed by atoms with Gasteiger partial charge in [0.15, 0.2) is 4.80 Å². The highest BCUT2D eigenvalue weighted by atomic mass is 32.2. The second-order valence-electron chi connectivity index (χ2n) is 5.58. The summed E-state index contributed by atoms with van der Waals surface area (Å²) in [6.45, 7) is 4.32. The Morgan fingerprint density at radius 1 is 1.19 bits per heavy atom. The summed E-state index contributed by atoms with van der Waals surface area (Å²) in [5.41, 5.74) is 1.39. The summed E-state index contributed by atoms with van der Waals surface area (Å²) < 4.78 is 13.8. The second kappa shape index (κ2) is 8.45. The van der Waals surface area contributed by atoms with Crippen LogP contribution in [0.3, 0.4) is 0 Å². The van der Waals surface area contributed by atoms with Crippen molar-refractivity contribution in [3.05, 3.63) is 59.4 Å². The number of allylic oxidation sites excluding steroid dienone is 1. The number of methoxy groups -OCH3 is 2. The number of carbonyl (C=O) groups is 1. The van der Waals surface area contributed by atoms with Gasteiger partial charge in [-0.2, -0.15) is 4.99 Å². The van der Waals surface area contributed by atoms with Crippen molar-refractivity contribution in [2.24, 2.45) is 4.99 Å². The van der Waals surface area contributed by atoms with Gasteiger partial charge in [-0.3, -0.25) is 4.79 Å². The predicted molar refractivity (Wildman–Crippen MR) is 111 cm³/mol. The second-order valence-corrected chi connectivity index (χ2v) is 7.43. The molecular formula is C20H20N2O3S2. The molecule has 5 nitrogen and oxygen atoms in total. The van der Waals surface area contributed by atoms with Crippen molar-refractivity contribution in [1.82, 2.24) is 4.57 Å². The van der Waals surface area contributed by atoms with Gasteiger partial charge in [0.25, 0.3) is 5.91 Å². The van der Waals surface area contributed by atoms with Crippen molar-refractivity contribution in [1.29, 1.82) is 0 Å². The molecule has 0 aliphatic heterocycles. The molecule has 0 spiro atoms. The molecule has 27 heavy (non-hydrogen) atoms. The predicted octanol–water partition coefficient (Wildman–Crippen LogP) is 4.37. The lowest BCUT2D eigenvalue weighted by atomic mass is 10.2. The van der Waals surface area contributed by atoms with Crippen LogP contribution in [0.15, 0.2) is 58.9 Å². The fraction of sp³-hybridized carbons (Fsp3) is 0.200. The van der Waals surface area contributed by atoms with Gasteiger partial charge in [-0.25, -0.2) is 0 Å². The average Bonchev–Trinajstić information content (AvgIpc) is 3.05. The molecule has 7 heteroatoms. The summed E-state index contributed by atoms with van der Waals surface area (Å²) in [5.74, 6) is 1.12. The van der Waals surface area contributed by atoms with E-state index in [1.165, 1.54) is 11.3 Å². The van der Waals surface area contributed by atoms with Gasteiger partial charge >= 0.3 is 0 Å². The van der Waals surface area contributed by atoms with E-state index < -0.39 is 0 Å². The Balaban J connectivity index is 2.19. The first kappa shape index (κ1) is 19.3. The molecule has 2 aromatic carbocycles. The van der Waals surface area contributed by atoms with Gasteiger partial charge in [0, 0.05) is 17.0 Å². The van der Waals surface area contributed by atoms with Crippen LogP contribution in [0.5, 0.6) is 11.5 Å². The lowest BCUT2D eigenvalue weighted by molar-refractivity contribution is 0.0998. The highest BCUT2D eigenvalue weighted by Crippen LogP contribution is 2.35. The molecule has 0 N–H and O–H groups in total. The first-order chi connectivity index (χ1) is 13.1. The molecule has 140 valence electrons. The Morgan fingerprint density at radius 3 is 2.44 bits per heavy atom. The molecule has 1 aromatic heterocycles. The van der Waals surface area contributed by atoms with E-state index in [9.17, 15) is 4.79 Å². The van der Waals surface area contributed by atoms with Crippen molar-refractivity contribution < 1.29 is 14.3 Å². The zero-order valence-electron chi connectivity index (χ0n) is 15.4. The van der Waals surface area contributed by atoms with Gasteiger partial charge in [0.1, 0.15) is 21.7 Å². The number of hydrogen-bond donors (Lipinski definition) is 0. The molecule has 0 saturated carbocycles. The number of carbonyl (C=O) groups excluding carboxylic acids is 1. The SMILES string of the molecule is C=CCn1c(=NC(=O)c2ccc(SC)cc2)sc2c(OC)ccc(OC)c21. The molecular weight excluding hydrogens is 380 g/mol. The first-order valence-corrected chi connectivity index (χ1v) is 10.2. The van der Waals surface area contributed by atoms with Gasteiger partial charge in [0.2, 0.25) is 0 Å². The number of thioether (sulfide) groups is 1. The summed E-state index contributed by atoms with van der Waals surface area (Å²) in [6, 6.07) is 11.1. The highest BCUT2D eigenvalue weighted by Gasteiger charge is 2.16. The van der Waals surface area contributed by atoms with Gasteiger partial charge < -0.3 is 14.0 Å². The minimum atomic E-state index is -0.287. The Hall–Kier alpha value is -2.51. The minimum Gasteiger partial charge on any atom is -0.495 e. The highest BCUT2D eigenvalue weighted by molar-refractivity contribution is 7.98. The number of thiazole rings is 1. The summed E-state index contributed by atoms with van der Waals surface area (Å²) in [4.78, 5) is 18.7. The molecule has 1 amide bonds. The standard InChI is InChI=1S/C20H20N2O3S2/c1-5-12-22-17-15(24-2)10-11-16(25-3)18(17)27-20(22)21-19(23)13-6-8-14(26-4)9-7-13/h5-11H,1,12H2,2-4H3. The number of ether oxygens (including phenoxy) is 2. The molecule has 0 bridgehead atoms. The molecule has 3 aromatic rings. The monoisotopic (exact) mass is 400 g/mol. The lowest BCUT2D eigenvalue weighted by Crippen LogP contribution is -2.16. The normalized spacial score (nSPS) is 11.6. The Labute approximate surface area is 166 Å². The van der Waals surface area contributed by atoms with E-state index >= 15 is 0 Å². The number of fused-ring (bicyclic) bond motifs is 1. The third-order valence-electron chi connectivity index (χ3n) is 4.04. The maximum absolute atomic E-state index is 12.7. The number of aromatic nitrogens is 1. The van der Waals surface area contributed by atoms with E-state index in [-0.39, 0.29) is 5.91 Å². The molecule has 0 fully saturated rings. The van der Waals surface area contributed by atoms with E-state index in [0.29, 0.717) is 28.4 Å². The largest absolute Gasteiger partial charge is 0.495 e. The van der Waals surface area contributed by atoms with Crippen LogP contribution in [0.2, 0.25) is 0 Å². The molecule has 0 unspecified atom stereocenters. The molecule has 3 rings (SSSR count). The van der Waals surface area contributed by atoms with Crippen molar-refractivity contribution in [3.8, 4) is 11.5 Å². The summed E-state index contributed by atoms with van der Waals surface area (Å²) in [5, 5.41) is 0. The van der Waals surface area contributed by atoms with E-state index in [1.807, 2.05) is 35.1 Å². The van der Waals surface area contributed by atoms with Crippen molar-refractivity contribution in [2.45, 2.75) is 11.4 Å². The van der Waals surface area contributed by atoms with Crippen LogP contribution in [-0.4, -0.2) is 30.9 Å². The lowest BCUT2D eigenvalue weighted by Gasteiger charge is -2.08. The van der Waals surface area contributed by atoms with Gasteiger partial charge in [-0.15, -0.1) is 18.3 Å². The van der Waals surface area contributed by atoms with Crippen molar-refractivity contribution in [2.75, 3.05) is 20.5 Å². The molecule has 1 heterocycles. The number of benzene rings is 2. The molecule has 0 saturated heterocycles. The van der Waals surface area contributed by atoms with E-state index in [0.717, 1.165) is 15.1 Å². The topological polar surface area (TPSA) is 52.8 Å². The third-order valence-corrected chi connectivity index (χ3v) is 5.87. The van der Waals surface area contributed by atoms with Crippen LogP contribution in [-0.2, 0) is 6.54 Å². The smallest absolute Gasteiger partial charge is 0.279 e. The number of rotatable bonds is 6. The van der Waals surface area contributed by atoms with E-state index in [4.69, 9.17) is 9.47 Å². The molecule has 0 atom stereocenters. The van der Waals surface area contributed by atoms with E-state index in [2.05, 4.69) is 11.6 Å². The van der Waals surface area contributed by atoms with Crippen LogP contribution < -0.4 is 14.3 Å². The fourth-order valence-corrected chi connectivity index (χ4v) is 4.28. The quantitative estimate of drug-likeness (QED) is 0.455. The number of hydrogen-bond acceptors (Lipinski definition) is 5. The van der Waals surface area contributed by atoms with Crippen LogP contribution in [0.25, 0.3) is 10.2 Å². The average molecular weight is 401 g/mol. The van der Waals surface area contributed by atoms with Crippen LogP contribution in [0.4, 0.5) is 0 Å². The number of nitrogens with zero attached hydrogens (tertiary/aromatic N) is 2. The van der Waals surface area contributed by atoms with E-state index in [1.54, 1.807) is 44.2 Å². The van der Waals surface area contributed by atoms with Crippen molar-refractivity contribution >= 4 is 39.2 Å². The Morgan fingerprint density at radius 2 is 1.85 bits per heavy atom.